The number of pyridine rings is 1. The number of amides is 1. The minimum Gasteiger partial charge on any atom is -0.490 e. The van der Waals surface area contributed by atoms with Crippen molar-refractivity contribution in [2.24, 2.45) is 0 Å². The molecule has 154 valence electrons. The maximum Gasteiger partial charge on any atom is 0.254 e. The number of benzene rings is 1. The van der Waals surface area contributed by atoms with Crippen molar-refractivity contribution >= 4 is 34.9 Å². The molecule has 0 radical (unpaired) electrons. The molecular formula is C20H20Cl2N2O5. The standard InChI is InChI=1S/C20H20Cl2N2O5/c1-12(25)16-9-14(21)3-4-17(16)29-11-15-10-24(5-6-28-15)20(26)13-7-18(22)23-19(8-13)27-2/h3-4,7-9,15H,5-6,10-11H2,1-2H3. The summed E-state index contributed by atoms with van der Waals surface area (Å²) in [6.07, 6.45) is -0.345. The highest BCUT2D eigenvalue weighted by molar-refractivity contribution is 6.31. The Bertz CT molecular complexity index is 922. The van der Waals surface area contributed by atoms with Gasteiger partial charge < -0.3 is 19.1 Å². The molecule has 1 aromatic heterocycles. The minimum atomic E-state index is -0.345. The lowest BCUT2D eigenvalue weighted by Crippen LogP contribution is -2.47. The fourth-order valence-electron chi connectivity index (χ4n) is 2.97. The number of morpholine rings is 1. The Morgan fingerprint density at radius 1 is 1.28 bits per heavy atom. The normalized spacial score (nSPS) is 16.4. The van der Waals surface area contributed by atoms with E-state index >= 15 is 0 Å². The molecule has 1 saturated heterocycles. The molecule has 1 aliphatic rings. The second-order valence-corrected chi connectivity index (χ2v) is 7.30. The molecule has 2 aromatic rings. The monoisotopic (exact) mass is 438 g/mol. The fourth-order valence-corrected chi connectivity index (χ4v) is 3.35. The topological polar surface area (TPSA) is 78.0 Å². The first-order valence-electron chi connectivity index (χ1n) is 8.93. The van der Waals surface area contributed by atoms with Gasteiger partial charge in [-0.25, -0.2) is 4.98 Å². The van der Waals surface area contributed by atoms with Gasteiger partial charge in [-0.15, -0.1) is 0 Å². The first-order valence-corrected chi connectivity index (χ1v) is 9.68. The minimum absolute atomic E-state index is 0.146. The third-order valence-corrected chi connectivity index (χ3v) is 4.83. The van der Waals surface area contributed by atoms with Gasteiger partial charge in [0.2, 0.25) is 5.88 Å². The first-order chi connectivity index (χ1) is 13.9. The van der Waals surface area contributed by atoms with Crippen LogP contribution in [0.1, 0.15) is 27.6 Å². The molecule has 1 atom stereocenters. The highest BCUT2D eigenvalue weighted by Gasteiger charge is 2.26. The van der Waals surface area contributed by atoms with E-state index in [-0.39, 0.29) is 35.4 Å². The van der Waals surface area contributed by atoms with Crippen LogP contribution < -0.4 is 9.47 Å². The number of Topliss-reactive ketones (excluding diaryl/α,β-unsaturated/α-hetero) is 1. The van der Waals surface area contributed by atoms with E-state index in [9.17, 15) is 9.59 Å². The molecule has 9 heteroatoms. The number of rotatable bonds is 6. The maximum absolute atomic E-state index is 12.8. The molecule has 29 heavy (non-hydrogen) atoms. The number of carbonyl (C=O) groups excluding carboxylic acids is 2. The first kappa shape index (κ1) is 21.4. The predicted octanol–water partition coefficient (Wildman–Crippen LogP) is 3.52. The van der Waals surface area contributed by atoms with Crippen LogP contribution in [0.5, 0.6) is 11.6 Å². The third-order valence-electron chi connectivity index (χ3n) is 4.40. The summed E-state index contributed by atoms with van der Waals surface area (Å²) in [5.74, 6) is 0.359. The van der Waals surface area contributed by atoms with Crippen LogP contribution in [-0.4, -0.2) is 61.1 Å². The van der Waals surface area contributed by atoms with E-state index in [4.69, 9.17) is 37.4 Å². The number of halogens is 2. The Balaban J connectivity index is 1.66. The zero-order valence-electron chi connectivity index (χ0n) is 16.0. The number of nitrogens with zero attached hydrogens (tertiary/aromatic N) is 2. The molecule has 3 rings (SSSR count). The van der Waals surface area contributed by atoms with Crippen molar-refractivity contribution in [1.82, 2.24) is 9.88 Å². The Hall–Kier alpha value is -2.35. The van der Waals surface area contributed by atoms with Crippen LogP contribution in [0.15, 0.2) is 30.3 Å². The van der Waals surface area contributed by atoms with Crippen LogP contribution in [-0.2, 0) is 4.74 Å². The fraction of sp³-hybridized carbons (Fsp3) is 0.350. The van der Waals surface area contributed by atoms with Gasteiger partial charge in [0.1, 0.15) is 23.6 Å². The largest absolute Gasteiger partial charge is 0.490 e. The van der Waals surface area contributed by atoms with E-state index in [1.807, 2.05) is 0 Å². The second kappa shape index (κ2) is 9.43. The van der Waals surface area contributed by atoms with Crippen molar-refractivity contribution in [2.45, 2.75) is 13.0 Å². The van der Waals surface area contributed by atoms with E-state index in [1.54, 1.807) is 29.2 Å². The SMILES string of the molecule is COc1cc(C(=O)N2CCOC(COc3ccc(Cl)cc3C(C)=O)C2)cc(Cl)n1. The molecule has 0 bridgehead atoms. The highest BCUT2D eigenvalue weighted by Crippen LogP contribution is 2.24. The summed E-state index contributed by atoms with van der Waals surface area (Å²) in [5.41, 5.74) is 0.791. The highest BCUT2D eigenvalue weighted by atomic mass is 35.5. The molecule has 0 saturated carbocycles. The van der Waals surface area contributed by atoms with Gasteiger partial charge in [-0.05, 0) is 31.2 Å². The van der Waals surface area contributed by atoms with E-state index in [0.717, 1.165) is 0 Å². The summed E-state index contributed by atoms with van der Waals surface area (Å²) in [4.78, 5) is 30.3. The van der Waals surface area contributed by atoms with Gasteiger partial charge in [-0.1, -0.05) is 23.2 Å². The zero-order chi connectivity index (χ0) is 21.0. The summed E-state index contributed by atoms with van der Waals surface area (Å²) < 4.78 is 16.6. The summed E-state index contributed by atoms with van der Waals surface area (Å²) in [6, 6.07) is 7.91. The van der Waals surface area contributed by atoms with Crippen molar-refractivity contribution in [1.29, 1.82) is 0 Å². The number of aromatic nitrogens is 1. The van der Waals surface area contributed by atoms with Gasteiger partial charge in [0.25, 0.3) is 5.91 Å². The smallest absolute Gasteiger partial charge is 0.254 e. The Morgan fingerprint density at radius 2 is 2.07 bits per heavy atom. The molecule has 0 spiro atoms. The van der Waals surface area contributed by atoms with Gasteiger partial charge in [-0.3, -0.25) is 9.59 Å². The number of carbonyl (C=O) groups is 2. The number of hydrogen-bond acceptors (Lipinski definition) is 6. The predicted molar refractivity (Wildman–Crippen MR) is 108 cm³/mol. The third kappa shape index (κ3) is 5.38. The molecule has 0 N–H and O–H groups in total. The average Bonchev–Trinajstić information content (AvgIpc) is 2.71. The van der Waals surface area contributed by atoms with Crippen LogP contribution >= 0.6 is 23.2 Å². The van der Waals surface area contributed by atoms with E-state index < -0.39 is 0 Å². The van der Waals surface area contributed by atoms with Gasteiger partial charge in [0, 0.05) is 23.2 Å². The molecule has 2 heterocycles. The molecule has 1 amide bonds. The average molecular weight is 439 g/mol. The number of hydrogen-bond donors (Lipinski definition) is 0. The number of methoxy groups -OCH3 is 1. The quantitative estimate of drug-likeness (QED) is 0.507. The van der Waals surface area contributed by atoms with E-state index in [0.29, 0.717) is 41.6 Å². The molecular weight excluding hydrogens is 419 g/mol. The van der Waals surface area contributed by atoms with Crippen LogP contribution in [0.4, 0.5) is 0 Å². The van der Waals surface area contributed by atoms with Gasteiger partial charge in [-0.2, -0.15) is 0 Å². The van der Waals surface area contributed by atoms with Crippen LogP contribution in [0.2, 0.25) is 10.2 Å². The van der Waals surface area contributed by atoms with Crippen LogP contribution in [0, 0.1) is 0 Å². The van der Waals surface area contributed by atoms with Crippen LogP contribution in [0.25, 0.3) is 0 Å². The summed E-state index contributed by atoms with van der Waals surface area (Å²) in [6.45, 7) is 2.79. The molecule has 1 unspecified atom stereocenters. The van der Waals surface area contributed by atoms with E-state index in [1.165, 1.54) is 20.1 Å². The van der Waals surface area contributed by atoms with Gasteiger partial charge >= 0.3 is 0 Å². The number of ketones is 1. The molecule has 1 aliphatic heterocycles. The Morgan fingerprint density at radius 3 is 2.79 bits per heavy atom. The lowest BCUT2D eigenvalue weighted by molar-refractivity contribution is -0.0401. The molecule has 0 aliphatic carbocycles. The van der Waals surface area contributed by atoms with Crippen molar-refractivity contribution in [3.8, 4) is 11.6 Å². The second-order valence-electron chi connectivity index (χ2n) is 6.47. The molecule has 7 nitrogen and oxygen atoms in total. The van der Waals surface area contributed by atoms with Crippen molar-refractivity contribution in [3.63, 3.8) is 0 Å². The van der Waals surface area contributed by atoms with Crippen molar-refractivity contribution < 1.29 is 23.8 Å². The number of ether oxygens (including phenoxy) is 3. The molecule has 1 aromatic carbocycles. The lowest BCUT2D eigenvalue weighted by Gasteiger charge is -2.33. The van der Waals surface area contributed by atoms with Crippen molar-refractivity contribution in [3.05, 3.63) is 51.6 Å². The lowest BCUT2D eigenvalue weighted by atomic mass is 10.1. The van der Waals surface area contributed by atoms with Crippen LogP contribution in [0.3, 0.4) is 0 Å². The van der Waals surface area contributed by atoms with Gasteiger partial charge in [0.05, 0.1) is 25.8 Å². The summed E-state index contributed by atoms with van der Waals surface area (Å²) in [7, 11) is 1.46. The Labute approximate surface area is 178 Å². The summed E-state index contributed by atoms with van der Waals surface area (Å²) in [5, 5.41) is 0.639. The van der Waals surface area contributed by atoms with Gasteiger partial charge in [0.15, 0.2) is 5.78 Å². The zero-order valence-corrected chi connectivity index (χ0v) is 17.5. The van der Waals surface area contributed by atoms with Crippen molar-refractivity contribution in [2.75, 3.05) is 33.4 Å². The summed E-state index contributed by atoms with van der Waals surface area (Å²) >= 11 is 11.9. The van der Waals surface area contributed by atoms with E-state index in [2.05, 4.69) is 4.98 Å². The molecule has 1 fully saturated rings. The maximum atomic E-state index is 12.8. The Kier molecular flexibility index (Phi) is 6.95.